The quantitative estimate of drug-likeness (QED) is 0.134. The summed E-state index contributed by atoms with van der Waals surface area (Å²) in [4.78, 5) is 12.9. The minimum Gasteiger partial charge on any atom is -0.481 e. The van der Waals surface area contributed by atoms with Gasteiger partial charge in [-0.2, -0.15) is 0 Å². The van der Waals surface area contributed by atoms with E-state index in [-0.39, 0.29) is 34.2 Å². The molecule has 0 aromatic heterocycles. The lowest BCUT2D eigenvalue weighted by molar-refractivity contribution is -0.145. The van der Waals surface area contributed by atoms with Crippen molar-refractivity contribution in [3.63, 3.8) is 0 Å². The molecule has 4 aromatic carbocycles. The normalized spacial score (nSPS) is 15.3. The lowest BCUT2D eigenvalue weighted by Gasteiger charge is -2.34. The van der Waals surface area contributed by atoms with E-state index in [0.29, 0.717) is 38.0 Å². The maximum Gasteiger partial charge on any atom is 0.530 e. The van der Waals surface area contributed by atoms with Gasteiger partial charge in [0.15, 0.2) is 6.61 Å². The van der Waals surface area contributed by atoms with E-state index in [4.69, 9.17) is 23.0 Å². The van der Waals surface area contributed by atoms with E-state index in [9.17, 15) is 4.79 Å². The Morgan fingerprint density at radius 2 is 0.782 bits per heavy atom. The van der Waals surface area contributed by atoms with Gasteiger partial charge >= 0.3 is 14.6 Å². The molecule has 0 saturated heterocycles. The van der Waals surface area contributed by atoms with Crippen LogP contribution in [-0.4, -0.2) is 19.2 Å². The number of fused-ring (bicyclic) bond motifs is 2. The van der Waals surface area contributed by atoms with Gasteiger partial charge in [0.1, 0.15) is 23.0 Å². The van der Waals surface area contributed by atoms with Crippen LogP contribution in [0.2, 0.25) is 0 Å². The Bertz CT molecular complexity index is 2050. The smallest absolute Gasteiger partial charge is 0.481 e. The largest absolute Gasteiger partial charge is 0.530 e. The highest BCUT2D eigenvalue weighted by atomic mass is 31.2. The Morgan fingerprint density at radius 1 is 0.509 bits per heavy atom. The molecule has 55 heavy (non-hydrogen) atoms. The van der Waals surface area contributed by atoms with Gasteiger partial charge < -0.3 is 23.0 Å². The first-order valence-corrected chi connectivity index (χ1v) is 21.0. The van der Waals surface area contributed by atoms with Crippen LogP contribution in [0.4, 0.5) is 0 Å². The van der Waals surface area contributed by atoms with E-state index in [1.54, 1.807) is 0 Å². The first kappa shape index (κ1) is 39.2. The second-order valence-corrected chi connectivity index (χ2v) is 20.8. The Kier molecular flexibility index (Phi) is 9.89. The molecule has 0 radical (unpaired) electrons. The van der Waals surface area contributed by atoms with Crippen LogP contribution in [0.5, 0.6) is 23.0 Å². The molecule has 0 saturated carbocycles. The molecule has 4 aromatic rings. The molecular weight excluding hydrogens is 703 g/mol. The predicted octanol–water partition coefficient (Wildman–Crippen LogP) is 11.9. The molecule has 0 spiro atoms. The van der Waals surface area contributed by atoms with Crippen LogP contribution in [0.1, 0.15) is 157 Å². The highest BCUT2D eigenvalue weighted by Gasteiger charge is 2.36. The molecule has 7 heteroatoms. The lowest BCUT2D eigenvalue weighted by atomic mass is 9.79. The summed E-state index contributed by atoms with van der Waals surface area (Å²) in [6.07, 6.45) is 2.37. The SMILES string of the molecule is CCOC(=O)COc1c2cc(C(C)(C)C)cc1Cc1cc(C(C)(C)C)cc3c1OP1Oc4c(cc(C(C)(C)C)cc4Cc4cc(C(C)(C)C)cc(c4O1)C3)C2. The summed E-state index contributed by atoms with van der Waals surface area (Å²) in [6, 6.07) is 18.4. The summed E-state index contributed by atoms with van der Waals surface area (Å²) in [5.74, 6) is 2.79. The van der Waals surface area contributed by atoms with Gasteiger partial charge in [-0.1, -0.05) is 132 Å². The number of carbonyl (C=O) groups excluding carboxylic acids is 1. The van der Waals surface area contributed by atoms with Gasteiger partial charge in [0.2, 0.25) is 0 Å². The maximum atomic E-state index is 12.9. The van der Waals surface area contributed by atoms with Crippen molar-refractivity contribution in [2.24, 2.45) is 0 Å². The van der Waals surface area contributed by atoms with E-state index in [0.717, 1.165) is 61.8 Å². The Labute approximate surface area is 330 Å². The van der Waals surface area contributed by atoms with Gasteiger partial charge in [0.25, 0.3) is 0 Å². The van der Waals surface area contributed by atoms with E-state index < -0.39 is 8.60 Å². The monoisotopic (exact) mass is 762 g/mol. The van der Waals surface area contributed by atoms with E-state index >= 15 is 0 Å². The van der Waals surface area contributed by atoms with Crippen LogP contribution in [0, 0.1) is 0 Å². The number of rotatable bonds is 4. The van der Waals surface area contributed by atoms with Crippen molar-refractivity contribution >= 4 is 14.6 Å². The number of esters is 1. The molecule has 6 bridgehead atoms. The van der Waals surface area contributed by atoms with Crippen LogP contribution in [0.25, 0.3) is 0 Å². The molecular formula is C48H59O6P. The molecule has 3 aliphatic rings. The van der Waals surface area contributed by atoms with E-state index in [2.05, 4.69) is 132 Å². The Balaban J connectivity index is 1.60. The fraction of sp³-hybridized carbons (Fsp3) is 0.479. The molecule has 6 nitrogen and oxygen atoms in total. The van der Waals surface area contributed by atoms with Crippen molar-refractivity contribution in [2.45, 2.75) is 137 Å². The van der Waals surface area contributed by atoms with Crippen molar-refractivity contribution in [1.82, 2.24) is 0 Å². The molecule has 3 aliphatic heterocycles. The lowest BCUT2D eigenvalue weighted by Crippen LogP contribution is -2.21. The number of hydrogen-bond acceptors (Lipinski definition) is 6. The fourth-order valence-corrected chi connectivity index (χ4v) is 9.03. The van der Waals surface area contributed by atoms with Crippen LogP contribution in [0.15, 0.2) is 48.5 Å². The summed E-state index contributed by atoms with van der Waals surface area (Å²) < 4.78 is 33.1. The summed E-state index contributed by atoms with van der Waals surface area (Å²) in [5.41, 5.74) is 13.1. The van der Waals surface area contributed by atoms with Gasteiger partial charge in [-0.3, -0.25) is 0 Å². The van der Waals surface area contributed by atoms with Gasteiger partial charge in [-0.05, 0) is 95.3 Å². The van der Waals surface area contributed by atoms with Crippen molar-refractivity contribution in [2.75, 3.05) is 13.2 Å². The van der Waals surface area contributed by atoms with Crippen LogP contribution < -0.4 is 18.3 Å². The zero-order valence-electron chi connectivity index (χ0n) is 35.3. The van der Waals surface area contributed by atoms with Crippen LogP contribution in [0.3, 0.4) is 0 Å². The van der Waals surface area contributed by atoms with Crippen molar-refractivity contribution in [3.8, 4) is 23.0 Å². The first-order chi connectivity index (χ1) is 25.6. The molecule has 292 valence electrons. The average Bonchev–Trinajstić information content (AvgIpc) is 3.03. The molecule has 0 aliphatic carbocycles. The molecule has 7 rings (SSSR count). The highest BCUT2D eigenvalue weighted by molar-refractivity contribution is 7.43. The second kappa shape index (κ2) is 13.9. The third kappa shape index (κ3) is 7.99. The van der Waals surface area contributed by atoms with Crippen LogP contribution in [-0.2, 0) is 56.9 Å². The maximum absolute atomic E-state index is 12.9. The molecule has 0 fully saturated rings. The van der Waals surface area contributed by atoms with Gasteiger partial charge in [0.05, 0.1) is 6.61 Å². The third-order valence-corrected chi connectivity index (χ3v) is 12.1. The number of hydrogen-bond donors (Lipinski definition) is 0. The van der Waals surface area contributed by atoms with Crippen molar-refractivity contribution < 1.29 is 27.8 Å². The fourth-order valence-electron chi connectivity index (χ4n) is 7.77. The van der Waals surface area contributed by atoms with E-state index in [1.807, 2.05) is 6.92 Å². The molecule has 0 amide bonds. The molecule has 0 atom stereocenters. The summed E-state index contributed by atoms with van der Waals surface area (Å²) >= 11 is 0. The molecule has 3 heterocycles. The first-order valence-electron chi connectivity index (χ1n) is 19.9. The van der Waals surface area contributed by atoms with Crippen molar-refractivity contribution in [3.05, 3.63) is 115 Å². The number of ether oxygens (including phenoxy) is 2. The number of carbonyl (C=O) groups is 1. The van der Waals surface area contributed by atoms with Gasteiger partial charge in [-0.15, -0.1) is 0 Å². The zero-order valence-corrected chi connectivity index (χ0v) is 36.2. The Morgan fingerprint density at radius 3 is 1.05 bits per heavy atom. The van der Waals surface area contributed by atoms with Crippen molar-refractivity contribution in [1.29, 1.82) is 0 Å². The second-order valence-electron chi connectivity index (χ2n) is 19.8. The topological polar surface area (TPSA) is 63.2 Å². The third-order valence-electron chi connectivity index (χ3n) is 11.1. The summed E-state index contributed by atoms with van der Waals surface area (Å²) in [7, 11) is -1.89. The minimum atomic E-state index is -1.89. The highest BCUT2D eigenvalue weighted by Crippen LogP contribution is 2.55. The van der Waals surface area contributed by atoms with Gasteiger partial charge in [-0.25, -0.2) is 4.79 Å². The van der Waals surface area contributed by atoms with Gasteiger partial charge in [0, 0.05) is 25.7 Å². The zero-order chi connectivity index (χ0) is 39.8. The molecule has 0 N–H and O–H groups in total. The minimum absolute atomic E-state index is 0.0647. The summed E-state index contributed by atoms with van der Waals surface area (Å²) in [6.45, 7) is 29.1. The predicted molar refractivity (Wildman–Crippen MR) is 223 cm³/mol. The average molecular weight is 763 g/mol. The summed E-state index contributed by atoms with van der Waals surface area (Å²) in [5, 5.41) is 0. The number of benzene rings is 4. The van der Waals surface area contributed by atoms with E-state index in [1.165, 1.54) is 22.3 Å². The van der Waals surface area contributed by atoms with Crippen LogP contribution >= 0.6 is 8.60 Å². The standard InChI is InChI=1S/C48H59O6P/c1-14-50-40(49)27-51-41-28-15-30-21-37(46(5,6)7)23-32-17-34-25-39(48(11,12)13)26-35-18-33-24-38(47(8,9)10)22-31(16-29(41)20-36(19-28)45(2,3)4)43(33)53-55(52-42(30)32)54-44(34)35/h19-26H,14-18,27H2,1-13H3. The Hall–Kier alpha value is -4.02. The molecule has 0 unspecified atom stereocenters.